The third kappa shape index (κ3) is 3.63. The molecule has 2 aliphatic heterocycles. The van der Waals surface area contributed by atoms with Crippen molar-refractivity contribution in [2.45, 2.75) is 44.4 Å². The summed E-state index contributed by atoms with van der Waals surface area (Å²) < 4.78 is 5.40. The molecule has 3 rings (SSSR count). The van der Waals surface area contributed by atoms with Crippen molar-refractivity contribution < 1.29 is 14.0 Å². The van der Waals surface area contributed by atoms with Gasteiger partial charge in [-0.05, 0) is 50.0 Å². The number of amides is 2. The van der Waals surface area contributed by atoms with Crippen LogP contribution in [-0.2, 0) is 16.1 Å². The van der Waals surface area contributed by atoms with Crippen LogP contribution in [0.25, 0.3) is 0 Å². The van der Waals surface area contributed by atoms with Gasteiger partial charge in [-0.25, -0.2) is 0 Å². The Kier molecular flexibility index (Phi) is 5.23. The maximum atomic E-state index is 12.4. The highest BCUT2D eigenvalue weighted by atomic mass is 32.2. The number of hydrogen-bond acceptors (Lipinski definition) is 4. The average Bonchev–Trinajstić information content (AvgIpc) is 3.11. The van der Waals surface area contributed by atoms with Crippen LogP contribution in [0.2, 0.25) is 0 Å². The molecule has 1 spiro atoms. The normalized spacial score (nSPS) is 22.0. The van der Waals surface area contributed by atoms with Crippen LogP contribution in [0.1, 0.15) is 38.4 Å². The Morgan fingerprint density at radius 2 is 2.12 bits per heavy atom. The maximum Gasteiger partial charge on any atom is 0.235 e. The Hall–Kier alpha value is -1.43. The molecule has 2 saturated heterocycles. The van der Waals surface area contributed by atoms with Crippen molar-refractivity contribution in [2.75, 3.05) is 25.9 Å². The van der Waals surface area contributed by atoms with Gasteiger partial charge in [-0.3, -0.25) is 9.59 Å². The quantitative estimate of drug-likeness (QED) is 0.838. The number of piperidine rings is 2. The van der Waals surface area contributed by atoms with E-state index in [0.717, 1.165) is 44.7 Å². The third-order valence-corrected chi connectivity index (χ3v) is 6.42. The zero-order chi connectivity index (χ0) is 17.2. The fourth-order valence-corrected chi connectivity index (χ4v) is 4.16. The Morgan fingerprint density at radius 3 is 2.75 bits per heavy atom. The van der Waals surface area contributed by atoms with E-state index in [1.54, 1.807) is 18.0 Å². The van der Waals surface area contributed by atoms with E-state index in [0.29, 0.717) is 13.0 Å². The molecule has 0 N–H and O–H groups in total. The molecule has 2 amide bonds. The van der Waals surface area contributed by atoms with Gasteiger partial charge in [0.25, 0.3) is 0 Å². The second-order valence-corrected chi connectivity index (χ2v) is 8.21. The van der Waals surface area contributed by atoms with E-state index in [1.165, 1.54) is 0 Å². The molecule has 0 bridgehead atoms. The molecule has 1 aromatic heterocycles. The second-order valence-electron chi connectivity index (χ2n) is 7.03. The molecule has 0 aromatic carbocycles. The minimum Gasteiger partial charge on any atom is -0.467 e. The van der Waals surface area contributed by atoms with Crippen LogP contribution in [0.4, 0.5) is 0 Å². The molecule has 1 atom stereocenters. The molecule has 0 aliphatic carbocycles. The fourth-order valence-electron chi connectivity index (χ4n) is 3.80. The van der Waals surface area contributed by atoms with Crippen molar-refractivity contribution >= 4 is 23.6 Å². The molecular formula is C18H26N2O3S. The summed E-state index contributed by atoms with van der Waals surface area (Å²) in [6.07, 6.45) is 7.16. The van der Waals surface area contributed by atoms with Gasteiger partial charge in [-0.2, -0.15) is 11.8 Å². The zero-order valence-corrected chi connectivity index (χ0v) is 15.3. The van der Waals surface area contributed by atoms with Gasteiger partial charge in [0, 0.05) is 26.1 Å². The minimum atomic E-state index is 0.0300. The highest BCUT2D eigenvalue weighted by molar-refractivity contribution is 7.99. The molecule has 2 fully saturated rings. The highest BCUT2D eigenvalue weighted by Gasteiger charge is 2.42. The fraction of sp³-hybridized carbons (Fsp3) is 0.667. The second kappa shape index (κ2) is 7.21. The molecule has 1 unspecified atom stereocenters. The van der Waals surface area contributed by atoms with E-state index in [2.05, 4.69) is 0 Å². The predicted molar refractivity (Wildman–Crippen MR) is 94.6 cm³/mol. The standard InChI is InChI=1S/C18H26N2O3S/c1-14(24-2)17(22)19-9-7-18(8-10-19)6-5-16(21)20(13-18)12-15-4-3-11-23-15/h3-4,11,14H,5-10,12-13H2,1-2H3. The van der Waals surface area contributed by atoms with E-state index >= 15 is 0 Å². The van der Waals surface area contributed by atoms with E-state index in [-0.39, 0.29) is 22.5 Å². The average molecular weight is 350 g/mol. The van der Waals surface area contributed by atoms with E-state index in [1.807, 2.05) is 35.1 Å². The van der Waals surface area contributed by atoms with Crippen molar-refractivity contribution in [1.82, 2.24) is 9.80 Å². The Balaban J connectivity index is 1.60. The van der Waals surface area contributed by atoms with Crippen LogP contribution in [0.3, 0.4) is 0 Å². The van der Waals surface area contributed by atoms with Crippen molar-refractivity contribution in [2.24, 2.45) is 5.41 Å². The van der Waals surface area contributed by atoms with Crippen molar-refractivity contribution in [3.05, 3.63) is 24.2 Å². The monoisotopic (exact) mass is 350 g/mol. The summed E-state index contributed by atoms with van der Waals surface area (Å²) in [5, 5.41) is 0.0300. The lowest BCUT2D eigenvalue weighted by molar-refractivity contribution is -0.143. The smallest absolute Gasteiger partial charge is 0.235 e. The lowest BCUT2D eigenvalue weighted by atomic mass is 9.72. The van der Waals surface area contributed by atoms with E-state index in [4.69, 9.17) is 4.42 Å². The van der Waals surface area contributed by atoms with Crippen LogP contribution in [0.15, 0.2) is 22.8 Å². The highest BCUT2D eigenvalue weighted by Crippen LogP contribution is 2.40. The van der Waals surface area contributed by atoms with Crippen molar-refractivity contribution in [1.29, 1.82) is 0 Å². The first-order valence-corrected chi connectivity index (χ1v) is 9.93. The number of furan rings is 1. The molecule has 0 radical (unpaired) electrons. The summed E-state index contributed by atoms with van der Waals surface area (Å²) in [7, 11) is 0. The Morgan fingerprint density at radius 1 is 1.38 bits per heavy atom. The molecule has 3 heterocycles. The predicted octanol–water partition coefficient (Wildman–Crippen LogP) is 2.76. The number of thioether (sulfide) groups is 1. The number of hydrogen-bond donors (Lipinski definition) is 0. The summed E-state index contributed by atoms with van der Waals surface area (Å²) in [6.45, 7) is 4.94. The van der Waals surface area contributed by atoms with Gasteiger partial charge in [0.05, 0.1) is 18.1 Å². The molecule has 1 aromatic rings. The summed E-state index contributed by atoms with van der Waals surface area (Å²) in [6, 6.07) is 3.77. The summed E-state index contributed by atoms with van der Waals surface area (Å²) in [5.74, 6) is 1.30. The molecule has 132 valence electrons. The molecule has 0 saturated carbocycles. The van der Waals surface area contributed by atoms with Gasteiger partial charge in [-0.1, -0.05) is 0 Å². The largest absolute Gasteiger partial charge is 0.467 e. The topological polar surface area (TPSA) is 53.8 Å². The maximum absolute atomic E-state index is 12.4. The first-order chi connectivity index (χ1) is 11.5. The number of rotatable bonds is 4. The molecule has 6 heteroatoms. The molecule has 2 aliphatic rings. The zero-order valence-electron chi connectivity index (χ0n) is 14.5. The Labute approximate surface area is 147 Å². The summed E-state index contributed by atoms with van der Waals surface area (Å²) >= 11 is 1.60. The van der Waals surface area contributed by atoms with Crippen LogP contribution in [0.5, 0.6) is 0 Å². The lowest BCUT2D eigenvalue weighted by Gasteiger charge is -2.47. The number of carbonyl (C=O) groups excluding carboxylic acids is 2. The van der Waals surface area contributed by atoms with Gasteiger partial charge in [0.1, 0.15) is 5.76 Å². The lowest BCUT2D eigenvalue weighted by Crippen LogP contribution is -2.52. The van der Waals surface area contributed by atoms with Crippen molar-refractivity contribution in [3.63, 3.8) is 0 Å². The summed E-state index contributed by atoms with van der Waals surface area (Å²) in [5.41, 5.74) is 0.167. The van der Waals surface area contributed by atoms with Gasteiger partial charge in [0.2, 0.25) is 11.8 Å². The van der Waals surface area contributed by atoms with Gasteiger partial charge >= 0.3 is 0 Å². The van der Waals surface area contributed by atoms with Gasteiger partial charge in [-0.15, -0.1) is 0 Å². The number of likely N-dealkylation sites (tertiary alicyclic amines) is 2. The van der Waals surface area contributed by atoms with Gasteiger partial charge < -0.3 is 14.2 Å². The van der Waals surface area contributed by atoms with Crippen LogP contribution in [0, 0.1) is 5.41 Å². The minimum absolute atomic E-state index is 0.0300. The van der Waals surface area contributed by atoms with E-state index < -0.39 is 0 Å². The van der Waals surface area contributed by atoms with Crippen LogP contribution >= 0.6 is 11.8 Å². The molecule has 5 nitrogen and oxygen atoms in total. The van der Waals surface area contributed by atoms with Crippen LogP contribution < -0.4 is 0 Å². The first kappa shape index (κ1) is 17.4. The number of carbonyl (C=O) groups is 2. The van der Waals surface area contributed by atoms with Crippen LogP contribution in [-0.4, -0.2) is 52.8 Å². The Bertz CT molecular complexity index is 579. The first-order valence-electron chi connectivity index (χ1n) is 8.65. The van der Waals surface area contributed by atoms with E-state index in [9.17, 15) is 9.59 Å². The summed E-state index contributed by atoms with van der Waals surface area (Å²) in [4.78, 5) is 28.6. The third-order valence-electron chi connectivity index (χ3n) is 5.51. The van der Waals surface area contributed by atoms with Gasteiger partial charge in [0.15, 0.2) is 0 Å². The molecular weight excluding hydrogens is 324 g/mol. The van der Waals surface area contributed by atoms with Crippen molar-refractivity contribution in [3.8, 4) is 0 Å². The molecule has 24 heavy (non-hydrogen) atoms. The number of nitrogens with zero attached hydrogens (tertiary/aromatic N) is 2. The SMILES string of the molecule is CSC(C)C(=O)N1CCC2(CCC(=O)N(Cc3ccco3)C2)CC1.